The summed E-state index contributed by atoms with van der Waals surface area (Å²) in [4.78, 5) is 4.35. The van der Waals surface area contributed by atoms with E-state index in [2.05, 4.69) is 50.0 Å². The standard InChI is InChI=1S/C15H20N2/c1-15(2,3)11-12-5-7-13(8-6-12)14-16-9-10-17(14)4/h5-10H,11H2,1-4H3. The van der Waals surface area contributed by atoms with Crippen molar-refractivity contribution in [3.8, 4) is 11.4 Å². The summed E-state index contributed by atoms with van der Waals surface area (Å²) in [5.74, 6) is 1.02. The first-order valence-electron chi connectivity index (χ1n) is 6.02. The molecule has 0 aliphatic heterocycles. The summed E-state index contributed by atoms with van der Waals surface area (Å²) in [7, 11) is 2.02. The fraction of sp³-hybridized carbons (Fsp3) is 0.400. The maximum Gasteiger partial charge on any atom is 0.139 e. The van der Waals surface area contributed by atoms with E-state index in [1.165, 1.54) is 11.1 Å². The predicted octanol–water partition coefficient (Wildman–Crippen LogP) is 3.68. The Bertz CT molecular complexity index is 486. The maximum atomic E-state index is 4.35. The van der Waals surface area contributed by atoms with E-state index in [-0.39, 0.29) is 0 Å². The quantitative estimate of drug-likeness (QED) is 0.766. The van der Waals surface area contributed by atoms with Gasteiger partial charge >= 0.3 is 0 Å². The molecule has 0 aliphatic rings. The van der Waals surface area contributed by atoms with Crippen molar-refractivity contribution in [2.75, 3.05) is 0 Å². The molecule has 0 atom stereocenters. The summed E-state index contributed by atoms with van der Waals surface area (Å²) in [6, 6.07) is 8.72. The lowest BCUT2D eigenvalue weighted by molar-refractivity contribution is 0.411. The Morgan fingerprint density at radius 2 is 1.76 bits per heavy atom. The zero-order valence-corrected chi connectivity index (χ0v) is 11.1. The van der Waals surface area contributed by atoms with Gasteiger partial charge in [0.1, 0.15) is 5.82 Å². The van der Waals surface area contributed by atoms with Crippen LogP contribution < -0.4 is 0 Å². The van der Waals surface area contributed by atoms with Crippen LogP contribution in [-0.4, -0.2) is 9.55 Å². The molecule has 0 saturated carbocycles. The minimum absolute atomic E-state index is 0.338. The van der Waals surface area contributed by atoms with Gasteiger partial charge < -0.3 is 4.57 Å². The third kappa shape index (κ3) is 2.96. The highest BCUT2D eigenvalue weighted by Crippen LogP contribution is 2.23. The molecule has 2 aromatic rings. The Hall–Kier alpha value is -1.57. The highest BCUT2D eigenvalue weighted by Gasteiger charge is 2.11. The second-order valence-electron chi connectivity index (χ2n) is 5.80. The van der Waals surface area contributed by atoms with Crippen molar-refractivity contribution in [2.45, 2.75) is 27.2 Å². The first kappa shape index (κ1) is 11.9. The molecule has 0 unspecified atom stereocenters. The lowest BCUT2D eigenvalue weighted by Crippen LogP contribution is -2.08. The predicted molar refractivity (Wildman–Crippen MR) is 71.8 cm³/mol. The molecular weight excluding hydrogens is 208 g/mol. The van der Waals surface area contributed by atoms with E-state index in [1.807, 2.05) is 24.0 Å². The number of hydrogen-bond donors (Lipinski definition) is 0. The smallest absolute Gasteiger partial charge is 0.139 e. The molecule has 2 rings (SSSR count). The Balaban J connectivity index is 2.22. The molecule has 0 bridgehead atoms. The number of benzene rings is 1. The van der Waals surface area contributed by atoms with Crippen molar-refractivity contribution in [2.24, 2.45) is 12.5 Å². The third-order valence-electron chi connectivity index (χ3n) is 2.77. The van der Waals surface area contributed by atoms with Gasteiger partial charge in [0, 0.05) is 25.0 Å². The van der Waals surface area contributed by atoms with Crippen molar-refractivity contribution in [3.63, 3.8) is 0 Å². The average molecular weight is 228 g/mol. The van der Waals surface area contributed by atoms with Crippen LogP contribution in [0.5, 0.6) is 0 Å². The van der Waals surface area contributed by atoms with Crippen LogP contribution in [0, 0.1) is 5.41 Å². The summed E-state index contributed by atoms with van der Waals surface area (Å²) in [6.45, 7) is 6.79. The fourth-order valence-corrected chi connectivity index (χ4v) is 2.03. The Labute approximate surface area is 103 Å². The second kappa shape index (κ2) is 4.36. The molecule has 2 nitrogen and oxygen atoms in total. The lowest BCUT2D eigenvalue weighted by Gasteiger charge is -2.18. The molecule has 1 aromatic carbocycles. The molecule has 0 N–H and O–H groups in total. The summed E-state index contributed by atoms with van der Waals surface area (Å²) >= 11 is 0. The Morgan fingerprint density at radius 3 is 2.24 bits per heavy atom. The van der Waals surface area contributed by atoms with Gasteiger partial charge in [-0.1, -0.05) is 45.0 Å². The van der Waals surface area contributed by atoms with E-state index in [4.69, 9.17) is 0 Å². The van der Waals surface area contributed by atoms with Crippen molar-refractivity contribution in [3.05, 3.63) is 42.2 Å². The molecule has 0 spiro atoms. The van der Waals surface area contributed by atoms with E-state index >= 15 is 0 Å². The molecular formula is C15H20N2. The van der Waals surface area contributed by atoms with E-state index in [0.29, 0.717) is 5.41 Å². The van der Waals surface area contributed by atoms with Gasteiger partial charge in [-0.2, -0.15) is 0 Å². The van der Waals surface area contributed by atoms with Crippen LogP contribution in [0.15, 0.2) is 36.7 Å². The molecule has 90 valence electrons. The van der Waals surface area contributed by atoms with Crippen LogP contribution in [0.25, 0.3) is 11.4 Å². The third-order valence-corrected chi connectivity index (χ3v) is 2.77. The van der Waals surface area contributed by atoms with E-state index in [1.54, 1.807) is 0 Å². The SMILES string of the molecule is Cn1ccnc1-c1ccc(CC(C)(C)C)cc1. The molecule has 1 heterocycles. The summed E-state index contributed by atoms with van der Waals surface area (Å²) in [5.41, 5.74) is 2.90. The maximum absolute atomic E-state index is 4.35. The number of aromatic nitrogens is 2. The van der Waals surface area contributed by atoms with Crippen LogP contribution in [-0.2, 0) is 13.5 Å². The van der Waals surface area contributed by atoms with Crippen LogP contribution >= 0.6 is 0 Å². The van der Waals surface area contributed by atoms with Gasteiger partial charge in [-0.05, 0) is 17.4 Å². The van der Waals surface area contributed by atoms with Gasteiger partial charge in [-0.25, -0.2) is 4.98 Å². The van der Waals surface area contributed by atoms with Crippen LogP contribution in [0.3, 0.4) is 0 Å². The topological polar surface area (TPSA) is 17.8 Å². The molecule has 0 radical (unpaired) electrons. The van der Waals surface area contributed by atoms with E-state index in [9.17, 15) is 0 Å². The zero-order valence-electron chi connectivity index (χ0n) is 11.1. The van der Waals surface area contributed by atoms with Crippen molar-refractivity contribution in [1.82, 2.24) is 9.55 Å². The number of imidazole rings is 1. The highest BCUT2D eigenvalue weighted by molar-refractivity contribution is 5.55. The first-order valence-corrected chi connectivity index (χ1v) is 6.02. The van der Waals surface area contributed by atoms with Gasteiger partial charge in [0.05, 0.1) is 0 Å². The summed E-state index contributed by atoms with van der Waals surface area (Å²) in [6.07, 6.45) is 4.91. The summed E-state index contributed by atoms with van der Waals surface area (Å²) < 4.78 is 2.04. The number of aryl methyl sites for hydroxylation is 1. The van der Waals surface area contributed by atoms with Crippen molar-refractivity contribution >= 4 is 0 Å². The van der Waals surface area contributed by atoms with Crippen molar-refractivity contribution in [1.29, 1.82) is 0 Å². The zero-order chi connectivity index (χ0) is 12.5. The molecule has 17 heavy (non-hydrogen) atoms. The number of nitrogens with zero attached hydrogens (tertiary/aromatic N) is 2. The number of hydrogen-bond acceptors (Lipinski definition) is 1. The van der Waals surface area contributed by atoms with Gasteiger partial charge in [-0.15, -0.1) is 0 Å². The van der Waals surface area contributed by atoms with Crippen LogP contribution in [0.2, 0.25) is 0 Å². The molecule has 0 fully saturated rings. The van der Waals surface area contributed by atoms with Crippen LogP contribution in [0.1, 0.15) is 26.3 Å². The largest absolute Gasteiger partial charge is 0.334 e. The Morgan fingerprint density at radius 1 is 1.12 bits per heavy atom. The summed E-state index contributed by atoms with van der Waals surface area (Å²) in [5, 5.41) is 0. The van der Waals surface area contributed by atoms with Gasteiger partial charge in [0.25, 0.3) is 0 Å². The van der Waals surface area contributed by atoms with Gasteiger partial charge in [-0.3, -0.25) is 0 Å². The highest BCUT2D eigenvalue weighted by atomic mass is 15.0. The van der Waals surface area contributed by atoms with Gasteiger partial charge in [0.15, 0.2) is 0 Å². The van der Waals surface area contributed by atoms with E-state index in [0.717, 1.165) is 12.2 Å². The molecule has 2 heteroatoms. The first-order chi connectivity index (χ1) is 7.96. The molecule has 0 saturated heterocycles. The monoisotopic (exact) mass is 228 g/mol. The number of rotatable bonds is 2. The second-order valence-corrected chi connectivity index (χ2v) is 5.80. The van der Waals surface area contributed by atoms with Crippen LogP contribution in [0.4, 0.5) is 0 Å². The lowest BCUT2D eigenvalue weighted by atomic mass is 9.88. The fourth-order valence-electron chi connectivity index (χ4n) is 2.03. The minimum atomic E-state index is 0.338. The average Bonchev–Trinajstić information content (AvgIpc) is 2.63. The molecule has 0 aliphatic carbocycles. The van der Waals surface area contributed by atoms with Crippen molar-refractivity contribution < 1.29 is 0 Å². The minimum Gasteiger partial charge on any atom is -0.334 e. The molecule has 0 amide bonds. The van der Waals surface area contributed by atoms with Gasteiger partial charge in [0.2, 0.25) is 0 Å². The van der Waals surface area contributed by atoms with E-state index < -0.39 is 0 Å². The Kier molecular flexibility index (Phi) is 3.05. The normalized spacial score (nSPS) is 11.8. The molecule has 1 aromatic heterocycles.